The predicted octanol–water partition coefficient (Wildman–Crippen LogP) is 3.37. The first-order valence-electron chi connectivity index (χ1n) is 6.01. The molecule has 82 valence electrons. The first-order valence-corrected chi connectivity index (χ1v) is 6.01. The SMILES string of the molecule is C=C(C)C(NC)C1CCC(CC)CC1. The Bertz CT molecular complexity index is 178. The molecule has 0 saturated heterocycles. The smallest absolute Gasteiger partial charge is 0.0299 e. The molecule has 0 amide bonds. The molecule has 1 saturated carbocycles. The fourth-order valence-corrected chi connectivity index (χ4v) is 2.81. The van der Waals surface area contributed by atoms with Gasteiger partial charge in [-0.05, 0) is 38.6 Å². The first-order chi connectivity index (χ1) is 6.69. The van der Waals surface area contributed by atoms with Gasteiger partial charge < -0.3 is 5.32 Å². The molecule has 1 fully saturated rings. The van der Waals surface area contributed by atoms with Crippen LogP contribution in [0.4, 0.5) is 0 Å². The zero-order valence-electron chi connectivity index (χ0n) is 9.97. The van der Waals surface area contributed by atoms with E-state index in [0.717, 1.165) is 11.8 Å². The quantitative estimate of drug-likeness (QED) is 0.678. The molecule has 1 heteroatoms. The summed E-state index contributed by atoms with van der Waals surface area (Å²) < 4.78 is 0. The maximum atomic E-state index is 4.08. The highest BCUT2D eigenvalue weighted by molar-refractivity contribution is 5.04. The number of nitrogens with one attached hydrogen (secondary N) is 1. The first kappa shape index (κ1) is 11.8. The molecule has 1 N–H and O–H groups in total. The Morgan fingerprint density at radius 1 is 1.36 bits per heavy atom. The second-order valence-corrected chi connectivity index (χ2v) is 4.80. The highest BCUT2D eigenvalue weighted by Gasteiger charge is 2.26. The second-order valence-electron chi connectivity index (χ2n) is 4.80. The van der Waals surface area contributed by atoms with E-state index in [1.54, 1.807) is 0 Å². The van der Waals surface area contributed by atoms with E-state index < -0.39 is 0 Å². The van der Waals surface area contributed by atoms with Gasteiger partial charge in [0.05, 0.1) is 0 Å². The topological polar surface area (TPSA) is 12.0 Å². The van der Waals surface area contributed by atoms with Gasteiger partial charge in [0, 0.05) is 6.04 Å². The van der Waals surface area contributed by atoms with Gasteiger partial charge in [-0.25, -0.2) is 0 Å². The minimum Gasteiger partial charge on any atom is -0.313 e. The highest BCUT2D eigenvalue weighted by Crippen LogP contribution is 2.33. The molecule has 0 aromatic rings. The summed E-state index contributed by atoms with van der Waals surface area (Å²) in [6.07, 6.45) is 6.98. The summed E-state index contributed by atoms with van der Waals surface area (Å²) in [6.45, 7) is 8.54. The van der Waals surface area contributed by atoms with Gasteiger partial charge in [-0.15, -0.1) is 0 Å². The van der Waals surface area contributed by atoms with Crippen LogP contribution in [-0.2, 0) is 0 Å². The van der Waals surface area contributed by atoms with Crippen molar-refractivity contribution in [2.24, 2.45) is 11.8 Å². The molecular formula is C13H25N. The van der Waals surface area contributed by atoms with E-state index in [1.807, 2.05) is 0 Å². The van der Waals surface area contributed by atoms with E-state index in [2.05, 4.69) is 32.8 Å². The van der Waals surface area contributed by atoms with Crippen LogP contribution in [0.3, 0.4) is 0 Å². The van der Waals surface area contributed by atoms with Gasteiger partial charge in [0.15, 0.2) is 0 Å². The van der Waals surface area contributed by atoms with Gasteiger partial charge in [0.1, 0.15) is 0 Å². The molecule has 0 spiro atoms. The lowest BCUT2D eigenvalue weighted by Gasteiger charge is -2.33. The van der Waals surface area contributed by atoms with Crippen molar-refractivity contribution in [2.75, 3.05) is 7.05 Å². The molecule has 1 nitrogen and oxygen atoms in total. The third-order valence-corrected chi connectivity index (χ3v) is 3.78. The largest absolute Gasteiger partial charge is 0.313 e. The molecule has 1 aliphatic rings. The van der Waals surface area contributed by atoms with Gasteiger partial charge in [-0.1, -0.05) is 38.3 Å². The van der Waals surface area contributed by atoms with Crippen LogP contribution in [0, 0.1) is 11.8 Å². The molecule has 1 atom stereocenters. The van der Waals surface area contributed by atoms with Crippen LogP contribution in [0.5, 0.6) is 0 Å². The Labute approximate surface area is 89.0 Å². The maximum absolute atomic E-state index is 4.08. The van der Waals surface area contributed by atoms with E-state index in [-0.39, 0.29) is 0 Å². The van der Waals surface area contributed by atoms with Crippen molar-refractivity contribution < 1.29 is 0 Å². The standard InChI is InChI=1S/C13H25N/c1-5-11-6-8-12(9-7-11)13(14-4)10(2)3/h11-14H,2,5-9H2,1,3-4H3. The van der Waals surface area contributed by atoms with E-state index in [0.29, 0.717) is 6.04 Å². The summed E-state index contributed by atoms with van der Waals surface area (Å²) in [5, 5.41) is 3.40. The van der Waals surface area contributed by atoms with E-state index >= 15 is 0 Å². The minimum absolute atomic E-state index is 0.549. The van der Waals surface area contributed by atoms with Crippen LogP contribution >= 0.6 is 0 Å². The number of hydrogen-bond donors (Lipinski definition) is 1. The summed E-state index contributed by atoms with van der Waals surface area (Å²) in [4.78, 5) is 0. The minimum atomic E-state index is 0.549. The predicted molar refractivity (Wildman–Crippen MR) is 63.4 cm³/mol. The summed E-state index contributed by atoms with van der Waals surface area (Å²) in [6, 6.07) is 0.549. The van der Waals surface area contributed by atoms with Gasteiger partial charge in [0.25, 0.3) is 0 Å². The zero-order valence-corrected chi connectivity index (χ0v) is 9.97. The number of likely N-dealkylation sites (N-methyl/N-ethyl adjacent to an activating group) is 1. The molecule has 14 heavy (non-hydrogen) atoms. The lowest BCUT2D eigenvalue weighted by molar-refractivity contribution is 0.238. The van der Waals surface area contributed by atoms with Crippen LogP contribution in [0.25, 0.3) is 0 Å². The Hall–Kier alpha value is -0.300. The van der Waals surface area contributed by atoms with Crippen molar-refractivity contribution in [3.05, 3.63) is 12.2 Å². The summed E-state index contributed by atoms with van der Waals surface area (Å²) >= 11 is 0. The van der Waals surface area contributed by atoms with Crippen LogP contribution in [0.15, 0.2) is 12.2 Å². The molecule has 0 aromatic heterocycles. The van der Waals surface area contributed by atoms with E-state index in [4.69, 9.17) is 0 Å². The van der Waals surface area contributed by atoms with Crippen molar-refractivity contribution in [3.63, 3.8) is 0 Å². The summed E-state index contributed by atoms with van der Waals surface area (Å²) in [7, 11) is 2.06. The average molecular weight is 195 g/mol. The average Bonchev–Trinajstić information content (AvgIpc) is 2.19. The van der Waals surface area contributed by atoms with Crippen molar-refractivity contribution in [3.8, 4) is 0 Å². The molecule has 0 heterocycles. The summed E-state index contributed by atoms with van der Waals surface area (Å²) in [5.74, 6) is 1.83. The van der Waals surface area contributed by atoms with Gasteiger partial charge in [-0.3, -0.25) is 0 Å². The summed E-state index contributed by atoms with van der Waals surface area (Å²) in [5.41, 5.74) is 1.30. The Morgan fingerprint density at radius 3 is 2.29 bits per heavy atom. The molecule has 1 rings (SSSR count). The number of hydrogen-bond acceptors (Lipinski definition) is 1. The van der Waals surface area contributed by atoms with E-state index in [1.165, 1.54) is 37.7 Å². The Balaban J connectivity index is 2.43. The van der Waals surface area contributed by atoms with Crippen LogP contribution in [0.2, 0.25) is 0 Å². The highest BCUT2D eigenvalue weighted by atomic mass is 14.9. The fraction of sp³-hybridized carbons (Fsp3) is 0.846. The third kappa shape index (κ3) is 2.84. The monoisotopic (exact) mass is 195 g/mol. The third-order valence-electron chi connectivity index (χ3n) is 3.78. The van der Waals surface area contributed by atoms with Gasteiger partial charge >= 0.3 is 0 Å². The second kappa shape index (κ2) is 5.55. The molecule has 0 radical (unpaired) electrons. The van der Waals surface area contributed by atoms with Crippen LogP contribution in [0.1, 0.15) is 46.0 Å². The van der Waals surface area contributed by atoms with Crippen molar-refractivity contribution >= 4 is 0 Å². The van der Waals surface area contributed by atoms with Gasteiger partial charge in [-0.2, -0.15) is 0 Å². The van der Waals surface area contributed by atoms with Crippen LogP contribution < -0.4 is 5.32 Å². The number of rotatable bonds is 4. The molecular weight excluding hydrogens is 170 g/mol. The van der Waals surface area contributed by atoms with E-state index in [9.17, 15) is 0 Å². The van der Waals surface area contributed by atoms with Gasteiger partial charge in [0.2, 0.25) is 0 Å². The lowest BCUT2D eigenvalue weighted by Crippen LogP contribution is -2.36. The molecule has 0 bridgehead atoms. The lowest BCUT2D eigenvalue weighted by atomic mass is 9.76. The maximum Gasteiger partial charge on any atom is 0.0299 e. The Kier molecular flexibility index (Phi) is 4.67. The van der Waals surface area contributed by atoms with Crippen molar-refractivity contribution in [1.82, 2.24) is 5.32 Å². The molecule has 1 unspecified atom stereocenters. The molecule has 1 aliphatic carbocycles. The Morgan fingerprint density at radius 2 is 1.93 bits per heavy atom. The van der Waals surface area contributed by atoms with Crippen molar-refractivity contribution in [2.45, 2.75) is 52.0 Å². The normalized spacial score (nSPS) is 29.9. The zero-order chi connectivity index (χ0) is 10.6. The van der Waals surface area contributed by atoms with Crippen molar-refractivity contribution in [1.29, 1.82) is 0 Å². The van der Waals surface area contributed by atoms with Crippen LogP contribution in [-0.4, -0.2) is 13.1 Å². The molecule has 0 aliphatic heterocycles. The fourth-order valence-electron chi connectivity index (χ4n) is 2.81. The molecule has 0 aromatic carbocycles.